The van der Waals surface area contributed by atoms with Crippen molar-refractivity contribution in [2.24, 2.45) is 11.8 Å². The smallest absolute Gasteiger partial charge is 0.0480 e. The van der Waals surface area contributed by atoms with E-state index in [2.05, 4.69) is 26.1 Å². The van der Waals surface area contributed by atoms with Crippen LogP contribution >= 0.6 is 0 Å². The van der Waals surface area contributed by atoms with Gasteiger partial charge in [-0.3, -0.25) is 0 Å². The number of hydrogen-bond donors (Lipinski definition) is 1. The molecule has 0 aromatic rings. The van der Waals surface area contributed by atoms with Crippen LogP contribution in [0.3, 0.4) is 0 Å². The Balaban J connectivity index is 2.30. The highest BCUT2D eigenvalue weighted by Gasteiger charge is 2.25. The third-order valence-electron chi connectivity index (χ3n) is 3.87. The van der Waals surface area contributed by atoms with Crippen molar-refractivity contribution in [2.45, 2.75) is 58.9 Å². The number of ether oxygens (including phenoxy) is 1. The second-order valence-electron chi connectivity index (χ2n) is 5.17. The first-order valence-corrected chi connectivity index (χ1v) is 7.09. The Kier molecular flexibility index (Phi) is 7.06. The minimum atomic E-state index is 0.684. The molecule has 1 unspecified atom stereocenters. The summed E-state index contributed by atoms with van der Waals surface area (Å²) >= 11 is 0. The SMILES string of the molecule is CCNC(CCOCC)C1CCC(C)CC1. The van der Waals surface area contributed by atoms with Gasteiger partial charge in [0.2, 0.25) is 0 Å². The molecule has 0 saturated heterocycles. The van der Waals surface area contributed by atoms with E-state index in [0.717, 1.165) is 31.6 Å². The Morgan fingerprint density at radius 3 is 2.44 bits per heavy atom. The fourth-order valence-corrected chi connectivity index (χ4v) is 2.81. The van der Waals surface area contributed by atoms with Crippen molar-refractivity contribution in [3.05, 3.63) is 0 Å². The highest BCUT2D eigenvalue weighted by atomic mass is 16.5. The van der Waals surface area contributed by atoms with E-state index in [-0.39, 0.29) is 0 Å². The summed E-state index contributed by atoms with van der Waals surface area (Å²) in [6, 6.07) is 0.684. The molecule has 1 N–H and O–H groups in total. The topological polar surface area (TPSA) is 21.3 Å². The van der Waals surface area contributed by atoms with E-state index in [4.69, 9.17) is 4.74 Å². The van der Waals surface area contributed by atoms with E-state index in [1.165, 1.54) is 32.1 Å². The number of nitrogens with one attached hydrogen (secondary N) is 1. The maximum absolute atomic E-state index is 5.48. The molecule has 1 saturated carbocycles. The Labute approximate surface area is 101 Å². The lowest BCUT2D eigenvalue weighted by Gasteiger charge is -2.33. The fourth-order valence-electron chi connectivity index (χ4n) is 2.81. The first-order chi connectivity index (χ1) is 7.77. The number of rotatable bonds is 7. The predicted molar refractivity (Wildman–Crippen MR) is 69.7 cm³/mol. The Bertz CT molecular complexity index is 164. The maximum atomic E-state index is 5.48. The van der Waals surface area contributed by atoms with E-state index in [0.29, 0.717) is 6.04 Å². The van der Waals surface area contributed by atoms with Crippen LogP contribution in [0.15, 0.2) is 0 Å². The van der Waals surface area contributed by atoms with E-state index in [1.54, 1.807) is 0 Å². The molecule has 16 heavy (non-hydrogen) atoms. The van der Waals surface area contributed by atoms with Gasteiger partial charge in [0, 0.05) is 19.3 Å². The predicted octanol–water partition coefficient (Wildman–Crippen LogP) is 3.22. The molecular weight excluding hydrogens is 198 g/mol. The minimum absolute atomic E-state index is 0.684. The average Bonchev–Trinajstić information content (AvgIpc) is 2.29. The molecule has 0 heterocycles. The van der Waals surface area contributed by atoms with Gasteiger partial charge in [-0.2, -0.15) is 0 Å². The molecule has 0 aromatic carbocycles. The first-order valence-electron chi connectivity index (χ1n) is 7.09. The molecule has 2 heteroatoms. The molecule has 96 valence electrons. The van der Waals surface area contributed by atoms with Gasteiger partial charge < -0.3 is 10.1 Å². The highest BCUT2D eigenvalue weighted by Crippen LogP contribution is 2.31. The second-order valence-corrected chi connectivity index (χ2v) is 5.17. The molecule has 0 amide bonds. The van der Waals surface area contributed by atoms with E-state index in [1.807, 2.05) is 0 Å². The summed E-state index contributed by atoms with van der Waals surface area (Å²) in [5, 5.41) is 3.65. The lowest BCUT2D eigenvalue weighted by atomic mass is 9.78. The van der Waals surface area contributed by atoms with Gasteiger partial charge in [0.1, 0.15) is 0 Å². The van der Waals surface area contributed by atoms with Crippen LogP contribution in [0.25, 0.3) is 0 Å². The first kappa shape index (κ1) is 14.0. The molecule has 2 nitrogen and oxygen atoms in total. The summed E-state index contributed by atoms with van der Waals surface area (Å²) in [6.07, 6.45) is 6.83. The van der Waals surface area contributed by atoms with E-state index < -0.39 is 0 Å². The van der Waals surface area contributed by atoms with E-state index >= 15 is 0 Å². The molecule has 1 rings (SSSR count). The highest BCUT2D eigenvalue weighted by molar-refractivity contribution is 4.80. The lowest BCUT2D eigenvalue weighted by Crippen LogP contribution is -2.38. The van der Waals surface area contributed by atoms with Crippen LogP contribution in [0, 0.1) is 11.8 Å². The fraction of sp³-hybridized carbons (Fsp3) is 1.00. The molecule has 0 radical (unpaired) electrons. The van der Waals surface area contributed by atoms with Crippen molar-refractivity contribution in [2.75, 3.05) is 19.8 Å². The van der Waals surface area contributed by atoms with Crippen LogP contribution in [-0.2, 0) is 4.74 Å². The van der Waals surface area contributed by atoms with Crippen LogP contribution in [-0.4, -0.2) is 25.8 Å². The molecule has 1 fully saturated rings. The Hall–Kier alpha value is -0.0800. The quantitative estimate of drug-likeness (QED) is 0.674. The third kappa shape index (κ3) is 4.84. The molecule has 1 aliphatic carbocycles. The zero-order valence-electron chi connectivity index (χ0n) is 11.3. The largest absolute Gasteiger partial charge is 0.382 e. The monoisotopic (exact) mass is 227 g/mol. The van der Waals surface area contributed by atoms with Crippen LogP contribution in [0.5, 0.6) is 0 Å². The number of hydrogen-bond acceptors (Lipinski definition) is 2. The molecule has 1 aliphatic rings. The lowest BCUT2D eigenvalue weighted by molar-refractivity contribution is 0.120. The summed E-state index contributed by atoms with van der Waals surface area (Å²) in [5.41, 5.74) is 0. The Morgan fingerprint density at radius 1 is 1.19 bits per heavy atom. The molecule has 0 spiro atoms. The van der Waals surface area contributed by atoms with Gasteiger partial charge in [-0.15, -0.1) is 0 Å². The van der Waals surface area contributed by atoms with Gasteiger partial charge in [0.25, 0.3) is 0 Å². The third-order valence-corrected chi connectivity index (χ3v) is 3.87. The zero-order valence-corrected chi connectivity index (χ0v) is 11.3. The van der Waals surface area contributed by atoms with Gasteiger partial charge in [-0.25, -0.2) is 0 Å². The Morgan fingerprint density at radius 2 is 1.88 bits per heavy atom. The molecule has 0 bridgehead atoms. The normalized spacial score (nSPS) is 27.9. The van der Waals surface area contributed by atoms with Gasteiger partial charge >= 0.3 is 0 Å². The van der Waals surface area contributed by atoms with Gasteiger partial charge in [0.05, 0.1) is 0 Å². The molecule has 0 aliphatic heterocycles. The minimum Gasteiger partial charge on any atom is -0.382 e. The van der Waals surface area contributed by atoms with Crippen molar-refractivity contribution >= 4 is 0 Å². The van der Waals surface area contributed by atoms with Crippen molar-refractivity contribution < 1.29 is 4.74 Å². The summed E-state index contributed by atoms with van der Waals surface area (Å²) in [4.78, 5) is 0. The molecular formula is C14H29NO. The van der Waals surface area contributed by atoms with Gasteiger partial charge in [-0.05, 0) is 44.6 Å². The maximum Gasteiger partial charge on any atom is 0.0480 e. The summed E-state index contributed by atoms with van der Waals surface area (Å²) in [6.45, 7) is 9.52. The van der Waals surface area contributed by atoms with Crippen LogP contribution in [0.1, 0.15) is 52.9 Å². The van der Waals surface area contributed by atoms with Gasteiger partial charge in [-0.1, -0.05) is 26.7 Å². The van der Waals surface area contributed by atoms with Crippen LogP contribution in [0.2, 0.25) is 0 Å². The molecule has 1 atom stereocenters. The van der Waals surface area contributed by atoms with Crippen LogP contribution in [0.4, 0.5) is 0 Å². The summed E-state index contributed by atoms with van der Waals surface area (Å²) < 4.78 is 5.48. The average molecular weight is 227 g/mol. The summed E-state index contributed by atoms with van der Waals surface area (Å²) in [7, 11) is 0. The standard InChI is InChI=1S/C14H29NO/c1-4-15-14(10-11-16-5-2)13-8-6-12(3)7-9-13/h12-15H,4-11H2,1-3H3. The molecule has 0 aromatic heterocycles. The zero-order chi connectivity index (χ0) is 11.8. The van der Waals surface area contributed by atoms with Gasteiger partial charge in [0.15, 0.2) is 0 Å². The van der Waals surface area contributed by atoms with Crippen molar-refractivity contribution in [1.29, 1.82) is 0 Å². The second kappa shape index (κ2) is 8.08. The summed E-state index contributed by atoms with van der Waals surface area (Å²) in [5.74, 6) is 1.84. The van der Waals surface area contributed by atoms with Crippen molar-refractivity contribution in [3.8, 4) is 0 Å². The van der Waals surface area contributed by atoms with Crippen molar-refractivity contribution in [1.82, 2.24) is 5.32 Å². The van der Waals surface area contributed by atoms with Crippen molar-refractivity contribution in [3.63, 3.8) is 0 Å². The van der Waals surface area contributed by atoms with E-state index in [9.17, 15) is 0 Å². The van der Waals surface area contributed by atoms with Crippen LogP contribution < -0.4 is 5.32 Å².